The van der Waals surface area contributed by atoms with E-state index in [1.807, 2.05) is 19.1 Å². The molecule has 0 radical (unpaired) electrons. The van der Waals surface area contributed by atoms with Crippen molar-refractivity contribution >= 4 is 11.6 Å². The van der Waals surface area contributed by atoms with Gasteiger partial charge in [-0.3, -0.25) is 4.79 Å². The molecule has 1 aliphatic heterocycles. The molecule has 2 heterocycles. The first-order valence-corrected chi connectivity index (χ1v) is 10.3. The minimum atomic E-state index is -0.401. The average molecular weight is 405 g/mol. The van der Waals surface area contributed by atoms with Gasteiger partial charge in [-0.2, -0.15) is 0 Å². The number of hydrogen-bond acceptors (Lipinski definition) is 4. The van der Waals surface area contributed by atoms with Gasteiger partial charge < -0.3 is 21.4 Å². The van der Waals surface area contributed by atoms with E-state index in [0.717, 1.165) is 35.0 Å². The lowest BCUT2D eigenvalue weighted by molar-refractivity contribution is 0.0966. The molecule has 154 valence electrons. The number of carbonyl (C=O) groups is 1. The van der Waals surface area contributed by atoms with Gasteiger partial charge in [0.05, 0.1) is 11.3 Å². The van der Waals surface area contributed by atoms with Crippen LogP contribution in [0, 0.1) is 18.7 Å². The highest BCUT2D eigenvalue weighted by atomic mass is 19.1. The van der Waals surface area contributed by atoms with Gasteiger partial charge >= 0.3 is 0 Å². The third-order valence-corrected chi connectivity index (χ3v) is 5.91. The first-order valence-electron chi connectivity index (χ1n) is 10.3. The van der Waals surface area contributed by atoms with Crippen molar-refractivity contribution in [2.75, 3.05) is 12.3 Å². The number of fused-ring (bicyclic) bond motifs is 1. The Balaban J connectivity index is 1.52. The largest absolute Gasteiger partial charge is 0.399 e. The lowest BCUT2D eigenvalue weighted by atomic mass is 9.92. The third kappa shape index (κ3) is 3.35. The Bertz CT molecular complexity index is 1150. The highest BCUT2D eigenvalue weighted by Crippen LogP contribution is 2.37. The van der Waals surface area contributed by atoms with Crippen molar-refractivity contribution in [3.8, 4) is 22.5 Å². The number of amides is 1. The smallest absolute Gasteiger partial charge is 0.252 e. The van der Waals surface area contributed by atoms with Crippen molar-refractivity contribution in [3.63, 3.8) is 0 Å². The average Bonchev–Trinajstić information content (AvgIpc) is 3.36. The summed E-state index contributed by atoms with van der Waals surface area (Å²) in [5.41, 5.74) is 11.2. The summed E-state index contributed by atoms with van der Waals surface area (Å²) in [6, 6.07) is 8.32. The summed E-state index contributed by atoms with van der Waals surface area (Å²) in [6.07, 6.45) is 2.61. The van der Waals surface area contributed by atoms with E-state index in [2.05, 4.69) is 15.6 Å². The lowest BCUT2D eigenvalue weighted by Crippen LogP contribution is -2.16. The Morgan fingerprint density at radius 3 is 2.73 bits per heavy atom. The molecule has 0 spiro atoms. The van der Waals surface area contributed by atoms with Crippen molar-refractivity contribution in [1.82, 2.24) is 20.6 Å². The Morgan fingerprint density at radius 1 is 1.20 bits per heavy atom. The number of halogens is 1. The van der Waals surface area contributed by atoms with Crippen molar-refractivity contribution in [2.24, 2.45) is 5.92 Å². The van der Waals surface area contributed by atoms with Crippen LogP contribution in [0.15, 0.2) is 30.3 Å². The van der Waals surface area contributed by atoms with Gasteiger partial charge in [-0.05, 0) is 67.6 Å². The third-order valence-electron chi connectivity index (χ3n) is 5.91. The molecule has 1 amide bonds. The minimum absolute atomic E-state index is 0.167. The maximum Gasteiger partial charge on any atom is 0.252 e. The van der Waals surface area contributed by atoms with Crippen LogP contribution in [0.1, 0.15) is 40.2 Å². The molecule has 3 aromatic rings. The van der Waals surface area contributed by atoms with E-state index in [0.29, 0.717) is 41.3 Å². The highest BCUT2D eigenvalue weighted by Gasteiger charge is 2.28. The van der Waals surface area contributed by atoms with Gasteiger partial charge in [-0.15, -0.1) is 0 Å². The molecule has 1 aliphatic carbocycles. The number of aryl methyl sites for hydroxylation is 1. The summed E-state index contributed by atoms with van der Waals surface area (Å²) in [7, 11) is 0. The molecule has 1 fully saturated rings. The molecule has 5 rings (SSSR count). The van der Waals surface area contributed by atoms with Gasteiger partial charge in [0.25, 0.3) is 5.91 Å². The number of benzene rings is 2. The Kier molecular flexibility index (Phi) is 4.55. The number of hydrogen-bond donors (Lipinski definition) is 4. The van der Waals surface area contributed by atoms with Gasteiger partial charge in [0.1, 0.15) is 11.6 Å². The molecule has 1 aromatic heterocycles. The number of aromatic nitrogens is 2. The maximum absolute atomic E-state index is 14.6. The molecule has 0 unspecified atom stereocenters. The number of anilines is 1. The fraction of sp³-hybridized carbons (Fsp3) is 0.304. The number of nitrogen functional groups attached to an aromatic ring is 1. The Hall–Kier alpha value is -3.19. The topological polar surface area (TPSA) is 95.8 Å². The van der Waals surface area contributed by atoms with Crippen LogP contribution >= 0.6 is 0 Å². The van der Waals surface area contributed by atoms with Crippen LogP contribution in [0.5, 0.6) is 0 Å². The maximum atomic E-state index is 14.6. The molecule has 0 bridgehead atoms. The Morgan fingerprint density at radius 2 is 1.97 bits per heavy atom. The monoisotopic (exact) mass is 405 g/mol. The molecule has 7 heteroatoms. The predicted molar refractivity (Wildman–Crippen MR) is 114 cm³/mol. The summed E-state index contributed by atoms with van der Waals surface area (Å²) in [4.78, 5) is 20.7. The molecular formula is C23H24FN5O. The molecule has 6 nitrogen and oxygen atoms in total. The number of rotatable bonds is 6. The Labute approximate surface area is 174 Å². The van der Waals surface area contributed by atoms with E-state index in [9.17, 15) is 9.18 Å². The van der Waals surface area contributed by atoms with Crippen LogP contribution in [-0.4, -0.2) is 22.4 Å². The van der Waals surface area contributed by atoms with Crippen LogP contribution in [-0.2, 0) is 13.1 Å². The molecule has 5 N–H and O–H groups in total. The minimum Gasteiger partial charge on any atom is -0.399 e. The summed E-state index contributed by atoms with van der Waals surface area (Å²) >= 11 is 0. The number of carbonyl (C=O) groups excluding carboxylic acids is 1. The van der Waals surface area contributed by atoms with E-state index < -0.39 is 5.82 Å². The fourth-order valence-electron chi connectivity index (χ4n) is 4.06. The van der Waals surface area contributed by atoms with Gasteiger partial charge in [0, 0.05) is 35.6 Å². The summed E-state index contributed by atoms with van der Waals surface area (Å²) in [5, 5.41) is 6.33. The standard InChI is InChI=1S/C23H24FN5O/c1-12-20(11-26-9-13-2-3-13)29-22(28-12)17-7-6-15(18-10-27-23(30)21(17)18)16-5-4-14(25)8-19(16)24/h4-8,13,26H,2-3,9-11,25H2,1H3,(H,27,30)(H,28,29). The van der Waals surface area contributed by atoms with E-state index in [4.69, 9.17) is 10.7 Å². The molecule has 2 aliphatic rings. The van der Waals surface area contributed by atoms with Crippen LogP contribution in [0.4, 0.5) is 10.1 Å². The number of imidazole rings is 1. The van der Waals surface area contributed by atoms with Crippen LogP contribution in [0.25, 0.3) is 22.5 Å². The number of nitrogens with zero attached hydrogens (tertiary/aromatic N) is 1. The predicted octanol–water partition coefficient (Wildman–Crippen LogP) is 3.52. The second-order valence-electron chi connectivity index (χ2n) is 8.17. The first-order chi connectivity index (χ1) is 14.5. The van der Waals surface area contributed by atoms with E-state index in [1.54, 1.807) is 12.1 Å². The molecule has 0 saturated heterocycles. The number of nitrogens with two attached hydrogens (primary N) is 1. The van der Waals surface area contributed by atoms with Crippen LogP contribution < -0.4 is 16.4 Å². The van der Waals surface area contributed by atoms with E-state index in [-0.39, 0.29) is 5.91 Å². The van der Waals surface area contributed by atoms with Crippen LogP contribution in [0.3, 0.4) is 0 Å². The number of aromatic amines is 1. The lowest BCUT2D eigenvalue weighted by Gasteiger charge is -2.11. The van der Waals surface area contributed by atoms with E-state index >= 15 is 0 Å². The van der Waals surface area contributed by atoms with Crippen LogP contribution in [0.2, 0.25) is 0 Å². The molecule has 1 saturated carbocycles. The normalized spacial score (nSPS) is 15.3. The second kappa shape index (κ2) is 7.25. The zero-order valence-electron chi connectivity index (χ0n) is 16.8. The van der Waals surface area contributed by atoms with Gasteiger partial charge in [-0.1, -0.05) is 6.07 Å². The van der Waals surface area contributed by atoms with Crippen molar-refractivity contribution < 1.29 is 9.18 Å². The molecule has 30 heavy (non-hydrogen) atoms. The van der Waals surface area contributed by atoms with Gasteiger partial charge in [0.2, 0.25) is 0 Å². The zero-order chi connectivity index (χ0) is 20.8. The van der Waals surface area contributed by atoms with Crippen molar-refractivity contribution in [3.05, 3.63) is 58.7 Å². The van der Waals surface area contributed by atoms with Gasteiger partial charge in [-0.25, -0.2) is 9.37 Å². The summed E-state index contributed by atoms with van der Waals surface area (Å²) < 4.78 is 14.6. The zero-order valence-corrected chi connectivity index (χ0v) is 16.8. The first kappa shape index (κ1) is 18.8. The summed E-state index contributed by atoms with van der Waals surface area (Å²) in [5.74, 6) is 0.896. The number of nitrogens with one attached hydrogen (secondary N) is 3. The fourth-order valence-corrected chi connectivity index (χ4v) is 4.06. The molecule has 2 aromatic carbocycles. The van der Waals surface area contributed by atoms with Gasteiger partial charge in [0.15, 0.2) is 0 Å². The molecular weight excluding hydrogens is 381 g/mol. The highest BCUT2D eigenvalue weighted by molar-refractivity contribution is 6.06. The molecule has 0 atom stereocenters. The van der Waals surface area contributed by atoms with E-state index in [1.165, 1.54) is 18.9 Å². The van der Waals surface area contributed by atoms with Crippen molar-refractivity contribution in [1.29, 1.82) is 0 Å². The van der Waals surface area contributed by atoms with Crippen molar-refractivity contribution in [2.45, 2.75) is 32.9 Å². The second-order valence-corrected chi connectivity index (χ2v) is 8.17. The summed E-state index contributed by atoms with van der Waals surface area (Å²) in [6.45, 7) is 4.06. The quantitative estimate of drug-likeness (QED) is 0.472. The SMILES string of the molecule is Cc1[nH]c(-c2ccc(-c3ccc(N)cc3F)c3c2C(=O)NC3)nc1CNCC1CC1. The number of H-pyrrole nitrogens is 1.